The monoisotopic (exact) mass is 363 g/mol. The number of hydrogen-bond donors (Lipinski definition) is 3. The molecule has 0 aliphatic rings. The molecular weight excluding hydrogens is 342 g/mol. The van der Waals surface area contributed by atoms with Gasteiger partial charge in [-0.1, -0.05) is 36.0 Å². The van der Waals surface area contributed by atoms with E-state index in [1.807, 2.05) is 0 Å². The SMILES string of the molecule is CC(=N)S[C@@H](Cc1ccc(CCSC(=N)N)cc1)Cc1nnco1. The maximum absolute atomic E-state index is 7.73. The van der Waals surface area contributed by atoms with Crippen molar-refractivity contribution in [2.45, 2.75) is 31.4 Å². The zero-order chi connectivity index (χ0) is 17.4. The van der Waals surface area contributed by atoms with Crippen LogP contribution in [0.5, 0.6) is 0 Å². The normalized spacial score (nSPS) is 12.0. The van der Waals surface area contributed by atoms with Crippen molar-refractivity contribution in [2.75, 3.05) is 5.75 Å². The Hall–Kier alpha value is -1.80. The molecule has 0 fully saturated rings. The quantitative estimate of drug-likeness (QED) is 0.490. The Morgan fingerprint density at radius 1 is 1.21 bits per heavy atom. The second-order valence-electron chi connectivity index (χ2n) is 5.32. The van der Waals surface area contributed by atoms with E-state index < -0.39 is 0 Å². The van der Waals surface area contributed by atoms with E-state index in [1.54, 1.807) is 6.92 Å². The molecule has 1 atom stereocenters. The number of hydrogen-bond acceptors (Lipinski definition) is 7. The maximum Gasteiger partial charge on any atom is 0.217 e. The van der Waals surface area contributed by atoms with Gasteiger partial charge in [-0.05, 0) is 30.9 Å². The van der Waals surface area contributed by atoms with E-state index in [1.165, 1.54) is 41.0 Å². The molecule has 2 rings (SSSR count). The minimum absolute atomic E-state index is 0.162. The largest absolute Gasteiger partial charge is 0.428 e. The van der Waals surface area contributed by atoms with Gasteiger partial charge in [0.05, 0.1) is 5.04 Å². The Balaban J connectivity index is 1.92. The summed E-state index contributed by atoms with van der Waals surface area (Å²) in [5.41, 5.74) is 7.79. The highest BCUT2D eigenvalue weighted by molar-refractivity contribution is 8.14. The third-order valence-electron chi connectivity index (χ3n) is 3.29. The van der Waals surface area contributed by atoms with Gasteiger partial charge in [-0.3, -0.25) is 10.8 Å². The van der Waals surface area contributed by atoms with Crippen LogP contribution in [0, 0.1) is 10.8 Å². The summed E-state index contributed by atoms with van der Waals surface area (Å²) in [5.74, 6) is 1.42. The zero-order valence-electron chi connectivity index (χ0n) is 13.5. The molecule has 0 saturated carbocycles. The topological polar surface area (TPSA) is 113 Å². The van der Waals surface area contributed by atoms with Crippen LogP contribution < -0.4 is 5.73 Å². The summed E-state index contributed by atoms with van der Waals surface area (Å²) in [5, 5.41) is 23.5. The van der Waals surface area contributed by atoms with Crippen LogP contribution in [0.2, 0.25) is 0 Å². The lowest BCUT2D eigenvalue weighted by atomic mass is 10.0. The zero-order valence-corrected chi connectivity index (χ0v) is 15.1. The van der Waals surface area contributed by atoms with Gasteiger partial charge in [0.25, 0.3) is 0 Å². The number of nitrogens with zero attached hydrogens (tertiary/aromatic N) is 2. The van der Waals surface area contributed by atoms with Crippen molar-refractivity contribution >= 4 is 33.7 Å². The van der Waals surface area contributed by atoms with Crippen LogP contribution in [0.1, 0.15) is 23.9 Å². The van der Waals surface area contributed by atoms with Crippen LogP contribution in [0.3, 0.4) is 0 Å². The van der Waals surface area contributed by atoms with Gasteiger partial charge in [-0.25, -0.2) is 0 Å². The third-order valence-corrected chi connectivity index (χ3v) is 5.03. The Morgan fingerprint density at radius 3 is 2.50 bits per heavy atom. The average molecular weight is 364 g/mol. The van der Waals surface area contributed by atoms with Crippen molar-refractivity contribution in [3.63, 3.8) is 0 Å². The first kappa shape index (κ1) is 18.5. The van der Waals surface area contributed by atoms with Gasteiger partial charge in [-0.2, -0.15) is 0 Å². The van der Waals surface area contributed by atoms with Crippen LogP contribution in [0.15, 0.2) is 35.1 Å². The van der Waals surface area contributed by atoms with Gasteiger partial charge in [-0.15, -0.1) is 22.0 Å². The Bertz CT molecular complexity index is 658. The Labute approximate surface area is 150 Å². The molecule has 6 nitrogen and oxygen atoms in total. The van der Waals surface area contributed by atoms with E-state index in [9.17, 15) is 0 Å². The lowest BCUT2D eigenvalue weighted by Gasteiger charge is -2.14. The summed E-state index contributed by atoms with van der Waals surface area (Å²) in [7, 11) is 0. The summed E-state index contributed by atoms with van der Waals surface area (Å²) in [6.45, 7) is 1.79. The van der Waals surface area contributed by atoms with Crippen molar-refractivity contribution in [1.29, 1.82) is 10.8 Å². The molecule has 1 aromatic heterocycles. The summed E-state index contributed by atoms with van der Waals surface area (Å²) < 4.78 is 5.23. The highest BCUT2D eigenvalue weighted by Gasteiger charge is 2.15. The molecule has 0 unspecified atom stereocenters. The number of nitrogens with two attached hydrogens (primary N) is 1. The van der Waals surface area contributed by atoms with E-state index in [0.29, 0.717) is 17.4 Å². The predicted molar refractivity (Wildman–Crippen MR) is 101 cm³/mol. The molecule has 0 aliphatic carbocycles. The molecule has 1 heterocycles. The first-order valence-corrected chi connectivity index (χ1v) is 9.41. The van der Waals surface area contributed by atoms with Crippen molar-refractivity contribution in [3.8, 4) is 0 Å². The smallest absolute Gasteiger partial charge is 0.217 e. The lowest BCUT2D eigenvalue weighted by Crippen LogP contribution is -2.13. The summed E-state index contributed by atoms with van der Waals surface area (Å²) in [4.78, 5) is 0. The fourth-order valence-electron chi connectivity index (χ4n) is 2.27. The van der Waals surface area contributed by atoms with E-state index in [0.717, 1.165) is 18.6 Å². The molecule has 128 valence electrons. The van der Waals surface area contributed by atoms with E-state index in [-0.39, 0.29) is 10.4 Å². The third kappa shape index (κ3) is 6.76. The fraction of sp³-hybridized carbons (Fsp3) is 0.375. The molecule has 0 bridgehead atoms. The molecule has 0 aliphatic heterocycles. The van der Waals surface area contributed by atoms with Gasteiger partial charge in [0, 0.05) is 17.4 Å². The van der Waals surface area contributed by atoms with Gasteiger partial charge < -0.3 is 10.2 Å². The van der Waals surface area contributed by atoms with Gasteiger partial charge in [0.2, 0.25) is 12.3 Å². The van der Waals surface area contributed by atoms with Crippen LogP contribution in [-0.4, -0.2) is 31.4 Å². The molecule has 0 saturated heterocycles. The summed E-state index contributed by atoms with van der Waals surface area (Å²) >= 11 is 2.89. The number of aryl methyl sites for hydroxylation is 1. The van der Waals surface area contributed by atoms with Gasteiger partial charge in [0.15, 0.2) is 5.17 Å². The Morgan fingerprint density at radius 2 is 1.92 bits per heavy atom. The molecule has 0 spiro atoms. The number of amidine groups is 1. The molecule has 8 heteroatoms. The summed E-state index contributed by atoms with van der Waals surface area (Å²) in [6.07, 6.45) is 3.72. The van der Waals surface area contributed by atoms with Crippen LogP contribution in [0.4, 0.5) is 0 Å². The molecule has 1 aromatic carbocycles. The molecule has 4 N–H and O–H groups in total. The first-order valence-electron chi connectivity index (χ1n) is 7.54. The number of nitrogens with one attached hydrogen (secondary N) is 2. The number of rotatable bonds is 8. The predicted octanol–water partition coefficient (Wildman–Crippen LogP) is 3.12. The highest BCUT2D eigenvalue weighted by Crippen LogP contribution is 2.21. The number of thioether (sulfide) groups is 2. The summed E-state index contributed by atoms with van der Waals surface area (Å²) in [6, 6.07) is 8.46. The van der Waals surface area contributed by atoms with Crippen molar-refractivity contribution in [1.82, 2.24) is 10.2 Å². The number of aromatic nitrogens is 2. The lowest BCUT2D eigenvalue weighted by molar-refractivity contribution is 0.488. The van der Waals surface area contributed by atoms with Crippen molar-refractivity contribution in [3.05, 3.63) is 47.7 Å². The maximum atomic E-state index is 7.73. The van der Waals surface area contributed by atoms with E-state index >= 15 is 0 Å². The minimum atomic E-state index is 0.162. The molecular formula is C16H21N5OS2. The average Bonchev–Trinajstić information content (AvgIpc) is 3.01. The minimum Gasteiger partial charge on any atom is -0.428 e. The Kier molecular flexibility index (Phi) is 7.33. The fourth-order valence-corrected chi connectivity index (χ4v) is 3.83. The molecule has 24 heavy (non-hydrogen) atoms. The number of benzene rings is 1. The van der Waals surface area contributed by atoms with Crippen molar-refractivity contribution < 1.29 is 4.42 Å². The second kappa shape index (κ2) is 9.48. The molecule has 2 aromatic rings. The van der Waals surface area contributed by atoms with Gasteiger partial charge >= 0.3 is 0 Å². The van der Waals surface area contributed by atoms with E-state index in [4.69, 9.17) is 21.0 Å². The van der Waals surface area contributed by atoms with Crippen LogP contribution >= 0.6 is 23.5 Å². The van der Waals surface area contributed by atoms with Gasteiger partial charge in [0.1, 0.15) is 0 Å². The van der Waals surface area contributed by atoms with Crippen LogP contribution in [-0.2, 0) is 19.3 Å². The van der Waals surface area contributed by atoms with E-state index in [2.05, 4.69) is 34.5 Å². The highest BCUT2D eigenvalue weighted by atomic mass is 32.2. The second-order valence-corrected chi connectivity index (χ2v) is 7.97. The van der Waals surface area contributed by atoms with Crippen LogP contribution in [0.25, 0.3) is 0 Å². The molecule has 0 radical (unpaired) electrons. The standard InChI is InChI=1S/C16H21N5OS2/c1-11(17)24-14(9-15-21-20-10-22-15)8-13-4-2-12(3-5-13)6-7-23-16(18)19/h2-5,10,14,17H,6-9H2,1H3,(H3,18,19)/t14-/m0/s1. The molecule has 0 amide bonds. The first-order chi connectivity index (χ1) is 11.5. The van der Waals surface area contributed by atoms with Crippen molar-refractivity contribution in [2.24, 2.45) is 5.73 Å².